The minimum absolute atomic E-state index is 0.181. The van der Waals surface area contributed by atoms with E-state index in [2.05, 4.69) is 5.32 Å². The Morgan fingerprint density at radius 1 is 1.35 bits per heavy atom. The normalized spacial score (nSPS) is 22.8. The summed E-state index contributed by atoms with van der Waals surface area (Å²) >= 11 is 0. The summed E-state index contributed by atoms with van der Waals surface area (Å²) in [6, 6.07) is 6.33. The Labute approximate surface area is 119 Å². The second-order valence-electron chi connectivity index (χ2n) is 6.43. The van der Waals surface area contributed by atoms with Gasteiger partial charge in [0.2, 0.25) is 0 Å². The summed E-state index contributed by atoms with van der Waals surface area (Å²) < 4.78 is 18.2. The molecule has 2 rings (SSSR count). The molecule has 1 fully saturated rings. The van der Waals surface area contributed by atoms with Gasteiger partial charge in [0.25, 0.3) is 0 Å². The van der Waals surface area contributed by atoms with Crippen molar-refractivity contribution in [2.45, 2.75) is 45.3 Å². The lowest BCUT2D eigenvalue weighted by Gasteiger charge is -2.22. The van der Waals surface area contributed by atoms with E-state index in [4.69, 9.17) is 4.74 Å². The molecule has 3 nitrogen and oxygen atoms in total. The van der Waals surface area contributed by atoms with Crippen LogP contribution in [-0.2, 0) is 16.0 Å². The molecular formula is C16H22FNO2. The van der Waals surface area contributed by atoms with Crippen molar-refractivity contribution in [1.82, 2.24) is 5.32 Å². The maximum absolute atomic E-state index is 12.9. The molecule has 0 spiro atoms. The van der Waals surface area contributed by atoms with Crippen LogP contribution in [0.1, 0.15) is 32.8 Å². The number of carbonyl (C=O) groups is 1. The number of rotatable bonds is 3. The lowest BCUT2D eigenvalue weighted by atomic mass is 9.96. The molecule has 2 atom stereocenters. The summed E-state index contributed by atoms with van der Waals surface area (Å²) in [6.07, 6.45) is 1.62. The molecule has 0 aliphatic carbocycles. The molecule has 20 heavy (non-hydrogen) atoms. The number of esters is 1. The summed E-state index contributed by atoms with van der Waals surface area (Å²) in [6.45, 7) is 6.41. The van der Waals surface area contributed by atoms with Gasteiger partial charge in [-0.1, -0.05) is 12.1 Å². The van der Waals surface area contributed by atoms with Crippen LogP contribution < -0.4 is 5.32 Å². The first-order chi connectivity index (χ1) is 9.33. The van der Waals surface area contributed by atoms with Gasteiger partial charge in [-0.15, -0.1) is 0 Å². The van der Waals surface area contributed by atoms with Gasteiger partial charge in [-0.05, 0) is 63.8 Å². The predicted molar refractivity (Wildman–Crippen MR) is 75.8 cm³/mol. The Morgan fingerprint density at radius 3 is 2.60 bits per heavy atom. The van der Waals surface area contributed by atoms with E-state index in [1.807, 2.05) is 20.8 Å². The summed E-state index contributed by atoms with van der Waals surface area (Å²) in [5.41, 5.74) is 0.649. The van der Waals surface area contributed by atoms with Crippen molar-refractivity contribution in [3.63, 3.8) is 0 Å². The molecule has 1 aromatic rings. The fraction of sp³-hybridized carbons (Fsp3) is 0.562. The second kappa shape index (κ2) is 5.92. The smallest absolute Gasteiger partial charge is 0.323 e. The zero-order valence-corrected chi connectivity index (χ0v) is 12.3. The van der Waals surface area contributed by atoms with Crippen molar-refractivity contribution in [2.75, 3.05) is 6.54 Å². The van der Waals surface area contributed by atoms with Gasteiger partial charge in [0, 0.05) is 0 Å². The fourth-order valence-electron chi connectivity index (χ4n) is 2.47. The number of halogens is 1. The van der Waals surface area contributed by atoms with Crippen LogP contribution >= 0.6 is 0 Å². The molecule has 0 unspecified atom stereocenters. The Balaban J connectivity index is 1.86. The van der Waals surface area contributed by atoms with Crippen LogP contribution in [0.2, 0.25) is 0 Å². The van der Waals surface area contributed by atoms with Crippen LogP contribution in [0.3, 0.4) is 0 Å². The molecule has 1 saturated heterocycles. The van der Waals surface area contributed by atoms with Gasteiger partial charge < -0.3 is 10.1 Å². The van der Waals surface area contributed by atoms with Crippen molar-refractivity contribution in [1.29, 1.82) is 0 Å². The molecule has 1 aliphatic rings. The highest BCUT2D eigenvalue weighted by molar-refractivity contribution is 5.76. The van der Waals surface area contributed by atoms with Gasteiger partial charge in [0.1, 0.15) is 17.5 Å². The number of benzene rings is 1. The van der Waals surface area contributed by atoms with Crippen LogP contribution in [0, 0.1) is 11.7 Å². The first-order valence-corrected chi connectivity index (χ1v) is 7.04. The summed E-state index contributed by atoms with van der Waals surface area (Å²) in [5, 5.41) is 3.21. The minimum atomic E-state index is -0.451. The lowest BCUT2D eigenvalue weighted by Crippen LogP contribution is -2.37. The lowest BCUT2D eigenvalue weighted by molar-refractivity contribution is -0.157. The summed E-state index contributed by atoms with van der Waals surface area (Å²) in [4.78, 5) is 12.0. The molecule has 4 heteroatoms. The fourth-order valence-corrected chi connectivity index (χ4v) is 2.47. The molecule has 1 aromatic carbocycles. The van der Waals surface area contributed by atoms with E-state index in [0.717, 1.165) is 24.9 Å². The molecule has 110 valence electrons. The Bertz CT molecular complexity index is 464. The Morgan fingerprint density at radius 2 is 2.00 bits per heavy atom. The van der Waals surface area contributed by atoms with Crippen LogP contribution in [0.15, 0.2) is 24.3 Å². The monoisotopic (exact) mass is 279 g/mol. The number of nitrogens with one attached hydrogen (secondary N) is 1. The van der Waals surface area contributed by atoms with Crippen LogP contribution in [0.25, 0.3) is 0 Å². The van der Waals surface area contributed by atoms with Gasteiger partial charge in [0.15, 0.2) is 0 Å². The predicted octanol–water partition coefficient (Wildman–Crippen LogP) is 2.69. The molecule has 0 radical (unpaired) electrons. The third-order valence-electron chi connectivity index (χ3n) is 3.35. The van der Waals surface area contributed by atoms with Crippen LogP contribution in [-0.4, -0.2) is 24.2 Å². The quantitative estimate of drug-likeness (QED) is 0.865. The number of ether oxygens (including phenoxy) is 1. The number of carbonyl (C=O) groups excluding carboxylic acids is 1. The largest absolute Gasteiger partial charge is 0.459 e. The van der Waals surface area contributed by atoms with E-state index < -0.39 is 5.60 Å². The average Bonchev–Trinajstić information content (AvgIpc) is 2.79. The van der Waals surface area contributed by atoms with Crippen molar-refractivity contribution >= 4 is 5.97 Å². The van der Waals surface area contributed by atoms with Crippen molar-refractivity contribution in [3.8, 4) is 0 Å². The van der Waals surface area contributed by atoms with Gasteiger partial charge in [-0.3, -0.25) is 4.79 Å². The van der Waals surface area contributed by atoms with Gasteiger partial charge in [-0.25, -0.2) is 4.39 Å². The van der Waals surface area contributed by atoms with Crippen molar-refractivity contribution in [3.05, 3.63) is 35.6 Å². The third kappa shape index (κ3) is 4.30. The van der Waals surface area contributed by atoms with E-state index in [-0.39, 0.29) is 17.8 Å². The number of hydrogen-bond donors (Lipinski definition) is 1. The molecule has 1 heterocycles. The first kappa shape index (κ1) is 15.0. The molecule has 0 bridgehead atoms. The molecule has 1 aliphatic heterocycles. The van der Waals surface area contributed by atoms with E-state index in [0.29, 0.717) is 5.92 Å². The molecule has 1 N–H and O–H groups in total. The van der Waals surface area contributed by atoms with E-state index in [1.165, 1.54) is 12.1 Å². The first-order valence-electron chi connectivity index (χ1n) is 7.04. The van der Waals surface area contributed by atoms with Crippen LogP contribution in [0.5, 0.6) is 0 Å². The molecule has 0 aromatic heterocycles. The van der Waals surface area contributed by atoms with Crippen LogP contribution in [0.4, 0.5) is 4.39 Å². The third-order valence-corrected chi connectivity index (χ3v) is 3.35. The van der Waals surface area contributed by atoms with E-state index in [9.17, 15) is 9.18 Å². The number of hydrogen-bond acceptors (Lipinski definition) is 3. The molecule has 0 amide bonds. The van der Waals surface area contributed by atoms with Crippen molar-refractivity contribution in [2.24, 2.45) is 5.92 Å². The SMILES string of the molecule is CC(C)(C)OC(=O)[C@H]1C[C@@H](Cc2ccc(F)cc2)CN1. The highest BCUT2D eigenvalue weighted by Crippen LogP contribution is 2.21. The Hall–Kier alpha value is -1.42. The highest BCUT2D eigenvalue weighted by atomic mass is 19.1. The standard InChI is InChI=1S/C16H22FNO2/c1-16(2,3)20-15(19)14-9-12(10-18-14)8-11-4-6-13(17)7-5-11/h4-7,12,14,18H,8-10H2,1-3H3/t12-,14-/m1/s1. The highest BCUT2D eigenvalue weighted by Gasteiger charge is 2.32. The van der Waals surface area contributed by atoms with Crippen molar-refractivity contribution < 1.29 is 13.9 Å². The topological polar surface area (TPSA) is 38.3 Å². The maximum Gasteiger partial charge on any atom is 0.323 e. The maximum atomic E-state index is 12.9. The van der Waals surface area contributed by atoms with Gasteiger partial charge >= 0.3 is 5.97 Å². The van der Waals surface area contributed by atoms with E-state index in [1.54, 1.807) is 12.1 Å². The van der Waals surface area contributed by atoms with Gasteiger partial charge in [-0.2, -0.15) is 0 Å². The Kier molecular flexibility index (Phi) is 4.43. The summed E-state index contributed by atoms with van der Waals surface area (Å²) in [7, 11) is 0. The molecular weight excluding hydrogens is 257 g/mol. The average molecular weight is 279 g/mol. The zero-order valence-electron chi connectivity index (χ0n) is 12.3. The minimum Gasteiger partial charge on any atom is -0.459 e. The van der Waals surface area contributed by atoms with E-state index >= 15 is 0 Å². The summed E-state index contributed by atoms with van der Waals surface area (Å²) in [5.74, 6) is -0.0120. The second-order valence-corrected chi connectivity index (χ2v) is 6.43. The molecule has 0 saturated carbocycles. The zero-order chi connectivity index (χ0) is 14.8. The van der Waals surface area contributed by atoms with Gasteiger partial charge in [0.05, 0.1) is 0 Å².